The van der Waals surface area contributed by atoms with Crippen molar-refractivity contribution >= 4 is 20.6 Å². The topological polar surface area (TPSA) is 0 Å². The molecule has 3 aromatic rings. The van der Waals surface area contributed by atoms with Crippen molar-refractivity contribution < 1.29 is 49.0 Å². The zero-order valence-corrected chi connectivity index (χ0v) is 22.8. The van der Waals surface area contributed by atoms with Crippen LogP contribution in [0.1, 0.15) is 12.0 Å². The summed E-state index contributed by atoms with van der Waals surface area (Å²) in [6, 6.07) is 42.6. The van der Waals surface area contributed by atoms with Crippen molar-refractivity contribution in [3.8, 4) is 11.1 Å². The van der Waals surface area contributed by atoms with Crippen molar-refractivity contribution in [1.82, 2.24) is 0 Å². The van der Waals surface area contributed by atoms with Gasteiger partial charge in [-0.25, -0.2) is 0 Å². The molecule has 0 aliphatic heterocycles. The molecule has 34 heavy (non-hydrogen) atoms. The summed E-state index contributed by atoms with van der Waals surface area (Å²) in [4.78, 5) is 0. The molecule has 0 nitrogen and oxygen atoms in total. The Kier molecular flexibility index (Phi) is 14.9. The summed E-state index contributed by atoms with van der Waals surface area (Å²) in [5, 5.41) is 2.70. The van der Waals surface area contributed by atoms with Gasteiger partial charge in [-0.15, -0.1) is 41.5 Å². The van der Waals surface area contributed by atoms with Crippen LogP contribution in [0.15, 0.2) is 127 Å². The first-order valence-electron chi connectivity index (χ1n) is 10.5. The van der Waals surface area contributed by atoms with Crippen LogP contribution < -0.4 is 24.8 Å². The van der Waals surface area contributed by atoms with Crippen molar-refractivity contribution in [1.29, 1.82) is 0 Å². The minimum absolute atomic E-state index is 0. The van der Waals surface area contributed by atoms with E-state index in [9.17, 15) is 0 Å². The average Bonchev–Trinajstić information content (AvgIpc) is 3.56. The van der Waals surface area contributed by atoms with Gasteiger partial charge >= 0.3 is 28.4 Å². The number of benzene rings is 4. The van der Waals surface area contributed by atoms with Crippen LogP contribution in [0.2, 0.25) is 0 Å². The van der Waals surface area contributed by atoms with E-state index in [0.717, 1.165) is 6.42 Å². The number of allylic oxidation sites excluding steroid dienone is 4. The van der Waals surface area contributed by atoms with Crippen LogP contribution in [0.3, 0.4) is 0 Å². The molecule has 0 N–H and O–H groups in total. The van der Waals surface area contributed by atoms with Gasteiger partial charge in [0.1, 0.15) is 0 Å². The van der Waals surface area contributed by atoms with Gasteiger partial charge < -0.3 is 24.8 Å². The molecule has 3 aliphatic carbocycles. The molecule has 0 saturated carbocycles. The minimum Gasteiger partial charge on any atom is -1.00 e. The molecule has 0 aromatic heterocycles. The molecule has 3 aromatic carbocycles. The molecule has 3 aliphatic rings. The summed E-state index contributed by atoms with van der Waals surface area (Å²) in [5.74, 6) is 0. The third-order valence-corrected chi connectivity index (χ3v) is 4.99. The van der Waals surface area contributed by atoms with Gasteiger partial charge in [0.15, 0.2) is 0 Å². The van der Waals surface area contributed by atoms with Gasteiger partial charge in [-0.1, -0.05) is 58.3 Å². The van der Waals surface area contributed by atoms with E-state index in [2.05, 4.69) is 83.1 Å². The molecular weight excluding hydrogens is 534 g/mol. The molecule has 0 amide bonds. The van der Waals surface area contributed by atoms with Gasteiger partial charge in [-0.3, -0.25) is 0 Å². The molecule has 0 atom stereocenters. The van der Waals surface area contributed by atoms with Crippen molar-refractivity contribution in [3.63, 3.8) is 0 Å². The van der Waals surface area contributed by atoms with Crippen molar-refractivity contribution in [2.45, 2.75) is 6.42 Å². The number of halogens is 2. The van der Waals surface area contributed by atoms with E-state index >= 15 is 0 Å². The van der Waals surface area contributed by atoms with Crippen molar-refractivity contribution in [3.05, 3.63) is 145 Å². The quantitative estimate of drug-likeness (QED) is 0.276. The maximum absolute atomic E-state index is 3.34. The maximum Gasteiger partial charge on any atom is -0.171 e. The second-order valence-electron chi connectivity index (χ2n) is 6.98. The number of fused-ring (bicyclic) bond motifs is 3. The van der Waals surface area contributed by atoms with E-state index in [0.29, 0.717) is 0 Å². The van der Waals surface area contributed by atoms with E-state index in [4.69, 9.17) is 0 Å². The number of hydrogen-bond donors (Lipinski definition) is 0. The van der Waals surface area contributed by atoms with E-state index in [1.165, 1.54) is 57.3 Å². The Labute approximate surface area is 230 Å². The van der Waals surface area contributed by atoms with Gasteiger partial charge in [0.05, 0.1) is 0 Å². The average molecular weight is 560 g/mol. The molecule has 0 radical (unpaired) electrons. The van der Waals surface area contributed by atoms with Crippen LogP contribution in [0.5, 0.6) is 0 Å². The van der Waals surface area contributed by atoms with Crippen LogP contribution in [-0.4, -0.2) is 4.21 Å². The predicted octanol–water partition coefficient (Wildman–Crippen LogP) is 1.95. The van der Waals surface area contributed by atoms with Crippen LogP contribution in [0.4, 0.5) is 0 Å². The molecule has 0 bridgehead atoms. The monoisotopic (exact) mass is 557 g/mol. The Hall–Kier alpha value is -2.44. The maximum atomic E-state index is 3.34. The van der Waals surface area contributed by atoms with Gasteiger partial charge in [0, 0.05) is 0 Å². The molecule has 3 heteroatoms. The molecule has 0 unspecified atom stereocenters. The molecule has 6 rings (SSSR count). The summed E-state index contributed by atoms with van der Waals surface area (Å²) in [5.41, 5.74) is 5.56. The van der Waals surface area contributed by atoms with Gasteiger partial charge in [-0.05, 0) is 6.42 Å². The normalized spacial score (nSPS) is 10.7. The van der Waals surface area contributed by atoms with Crippen LogP contribution in [0.25, 0.3) is 27.5 Å². The SMILES string of the molecule is C1=CCC([c-]2cccc3c4ccccc4cc2-3)=C1.[CH2]=[Zr+2].[Cl-].[Cl-].[c-]1ccccc1.[c-]1ccccc1. The smallest absolute Gasteiger partial charge is 0.171 e. The van der Waals surface area contributed by atoms with E-state index in [-0.39, 0.29) is 24.8 Å². The third kappa shape index (κ3) is 8.41. The van der Waals surface area contributed by atoms with Crippen molar-refractivity contribution in [2.75, 3.05) is 0 Å². The largest absolute Gasteiger partial charge is 1.00 e. The number of hydrogen-bond acceptors (Lipinski definition) is 0. The Balaban J connectivity index is 0.000000301. The summed E-state index contributed by atoms with van der Waals surface area (Å²) in [6.45, 7) is 0. The first kappa shape index (κ1) is 29.6. The Morgan fingerprint density at radius 3 is 1.85 bits per heavy atom. The standard InChI is InChI=1S/C18H13.2C6H5.CH2.2ClH.Zr/c1-2-7-13(6-1)15-10-5-11-17-16-9-4-3-8-14(16)12-18(15)17;2*1-2-4-6-5-3-1;;;;/h1-6,8-12H,7H2;2*1-5H;1H2;2*1H;/q3*-1;;;;+2/p-2. The van der Waals surface area contributed by atoms with Gasteiger partial charge in [0.25, 0.3) is 0 Å². The fourth-order valence-corrected chi connectivity index (χ4v) is 3.59. The van der Waals surface area contributed by atoms with E-state index in [1.807, 2.05) is 60.7 Å². The minimum atomic E-state index is 0. The molecule has 0 fully saturated rings. The molecule has 0 heterocycles. The fraction of sp³-hybridized carbons (Fsp3) is 0.0323. The zero-order valence-electron chi connectivity index (χ0n) is 18.8. The summed E-state index contributed by atoms with van der Waals surface area (Å²) in [6.07, 6.45) is 7.65. The molecular formula is C31H25Cl2Zr-3. The number of rotatable bonds is 1. The predicted molar refractivity (Wildman–Crippen MR) is 136 cm³/mol. The Morgan fingerprint density at radius 2 is 1.35 bits per heavy atom. The van der Waals surface area contributed by atoms with E-state index < -0.39 is 0 Å². The van der Waals surface area contributed by atoms with Crippen molar-refractivity contribution in [2.24, 2.45) is 0 Å². The fourth-order valence-electron chi connectivity index (χ4n) is 3.59. The molecule has 0 spiro atoms. The van der Waals surface area contributed by atoms with Crippen LogP contribution in [-0.2, 0) is 24.2 Å². The van der Waals surface area contributed by atoms with Gasteiger partial charge in [-0.2, -0.15) is 72.8 Å². The molecule has 0 saturated heterocycles. The zero-order chi connectivity index (χ0) is 22.4. The van der Waals surface area contributed by atoms with Gasteiger partial charge in [0.2, 0.25) is 0 Å². The summed E-state index contributed by atoms with van der Waals surface area (Å²) >= 11 is 1.30. The third-order valence-electron chi connectivity index (χ3n) is 4.99. The first-order chi connectivity index (χ1) is 15.9. The Morgan fingerprint density at radius 1 is 0.735 bits per heavy atom. The molecule has 170 valence electrons. The van der Waals surface area contributed by atoms with E-state index in [1.54, 1.807) is 0 Å². The summed E-state index contributed by atoms with van der Waals surface area (Å²) < 4.78 is 3.34. The summed E-state index contributed by atoms with van der Waals surface area (Å²) in [7, 11) is 0. The van der Waals surface area contributed by atoms with Crippen LogP contribution >= 0.6 is 0 Å². The second-order valence-corrected chi connectivity index (χ2v) is 6.98. The van der Waals surface area contributed by atoms with Crippen LogP contribution in [0, 0.1) is 12.1 Å². The Bertz CT molecular complexity index is 1140. The second kappa shape index (κ2) is 17.1. The first-order valence-corrected chi connectivity index (χ1v) is 12.3.